The van der Waals surface area contributed by atoms with E-state index < -0.39 is 0 Å². The van der Waals surface area contributed by atoms with Crippen molar-refractivity contribution >= 4 is 22.8 Å². The molecule has 0 unspecified atom stereocenters. The summed E-state index contributed by atoms with van der Waals surface area (Å²) in [5.74, 6) is 0.325. The normalized spacial score (nSPS) is 14.6. The van der Waals surface area contributed by atoms with E-state index in [0.717, 1.165) is 16.7 Å². The summed E-state index contributed by atoms with van der Waals surface area (Å²) in [4.78, 5) is 22.4. The van der Waals surface area contributed by atoms with Crippen LogP contribution in [-0.2, 0) is 7.05 Å². The summed E-state index contributed by atoms with van der Waals surface area (Å²) >= 11 is 0. The van der Waals surface area contributed by atoms with E-state index in [1.165, 1.54) is 6.07 Å². The van der Waals surface area contributed by atoms with E-state index in [-0.39, 0.29) is 11.8 Å². The van der Waals surface area contributed by atoms with Crippen LogP contribution in [0.4, 0.5) is 14.9 Å². The lowest BCUT2D eigenvalue weighted by Crippen LogP contribution is -2.51. The monoisotopic (exact) mass is 381 g/mol. The molecule has 1 aliphatic heterocycles. The van der Waals surface area contributed by atoms with E-state index in [9.17, 15) is 9.18 Å². The molecular formula is C21H24FN5O. The summed E-state index contributed by atoms with van der Waals surface area (Å²) in [5, 5.41) is 0. The summed E-state index contributed by atoms with van der Waals surface area (Å²) in [7, 11) is 5.43. The number of aryl methyl sites for hydroxylation is 1. The minimum Gasteiger partial charge on any atom is -0.368 e. The van der Waals surface area contributed by atoms with Gasteiger partial charge in [-0.25, -0.2) is 14.2 Å². The molecule has 2 amide bonds. The van der Waals surface area contributed by atoms with Gasteiger partial charge in [0.05, 0.1) is 16.6 Å². The third-order valence-electron chi connectivity index (χ3n) is 5.28. The number of benzene rings is 2. The SMILES string of the molecule is CN(C)C(=O)N1CCN(c2ccc(F)c(-c3nc4ccccc4n3C)c2)CC1. The maximum atomic E-state index is 14.7. The van der Waals surface area contributed by atoms with Crippen LogP contribution in [0.15, 0.2) is 42.5 Å². The highest BCUT2D eigenvalue weighted by atomic mass is 19.1. The fourth-order valence-corrected chi connectivity index (χ4v) is 3.71. The maximum absolute atomic E-state index is 14.7. The number of amides is 2. The number of anilines is 1. The number of imidazole rings is 1. The lowest BCUT2D eigenvalue weighted by atomic mass is 10.1. The van der Waals surface area contributed by atoms with Crippen molar-refractivity contribution in [1.82, 2.24) is 19.4 Å². The van der Waals surface area contributed by atoms with E-state index in [1.807, 2.05) is 46.8 Å². The summed E-state index contributed by atoms with van der Waals surface area (Å²) in [5.41, 5.74) is 3.25. The second-order valence-corrected chi connectivity index (χ2v) is 7.30. The van der Waals surface area contributed by atoms with Crippen molar-refractivity contribution in [3.63, 3.8) is 0 Å². The van der Waals surface area contributed by atoms with Gasteiger partial charge >= 0.3 is 6.03 Å². The van der Waals surface area contributed by atoms with Gasteiger partial charge in [-0.05, 0) is 30.3 Å². The van der Waals surface area contributed by atoms with Crippen molar-refractivity contribution < 1.29 is 9.18 Å². The fraction of sp³-hybridized carbons (Fsp3) is 0.333. The largest absolute Gasteiger partial charge is 0.368 e. The van der Waals surface area contributed by atoms with E-state index in [2.05, 4.69) is 9.88 Å². The molecule has 6 nitrogen and oxygen atoms in total. The van der Waals surface area contributed by atoms with Gasteiger partial charge < -0.3 is 19.3 Å². The minimum absolute atomic E-state index is 0.0270. The van der Waals surface area contributed by atoms with E-state index in [0.29, 0.717) is 37.6 Å². The number of nitrogens with zero attached hydrogens (tertiary/aromatic N) is 5. The highest BCUT2D eigenvalue weighted by Crippen LogP contribution is 2.30. The third-order valence-corrected chi connectivity index (χ3v) is 5.28. The molecule has 0 radical (unpaired) electrons. The first-order valence-electron chi connectivity index (χ1n) is 9.38. The number of urea groups is 1. The summed E-state index contributed by atoms with van der Waals surface area (Å²) in [6.07, 6.45) is 0. The van der Waals surface area contributed by atoms with Gasteiger partial charge in [0, 0.05) is 53.0 Å². The predicted octanol–water partition coefficient (Wildman–Crippen LogP) is 3.18. The first kappa shape index (κ1) is 18.3. The highest BCUT2D eigenvalue weighted by Gasteiger charge is 2.23. The smallest absolute Gasteiger partial charge is 0.319 e. The van der Waals surface area contributed by atoms with Crippen LogP contribution >= 0.6 is 0 Å². The summed E-state index contributed by atoms with van der Waals surface area (Å²) in [6, 6.07) is 13.0. The molecule has 1 saturated heterocycles. The van der Waals surface area contributed by atoms with E-state index in [1.54, 1.807) is 25.1 Å². The Hall–Kier alpha value is -3.09. The molecule has 1 fully saturated rings. The Bertz CT molecular complexity index is 1020. The van der Waals surface area contributed by atoms with Gasteiger partial charge in [0.1, 0.15) is 11.6 Å². The number of para-hydroxylation sites is 2. The fourth-order valence-electron chi connectivity index (χ4n) is 3.71. The third kappa shape index (κ3) is 3.17. The van der Waals surface area contributed by atoms with Gasteiger partial charge in [-0.2, -0.15) is 0 Å². The topological polar surface area (TPSA) is 44.6 Å². The van der Waals surface area contributed by atoms with Crippen molar-refractivity contribution in [2.24, 2.45) is 7.05 Å². The lowest BCUT2D eigenvalue weighted by molar-refractivity contribution is 0.168. The van der Waals surface area contributed by atoms with Crippen LogP contribution in [0.2, 0.25) is 0 Å². The summed E-state index contributed by atoms with van der Waals surface area (Å²) in [6.45, 7) is 2.73. The first-order valence-corrected chi connectivity index (χ1v) is 9.38. The zero-order chi connectivity index (χ0) is 19.8. The van der Waals surface area contributed by atoms with Crippen molar-refractivity contribution in [3.8, 4) is 11.4 Å². The predicted molar refractivity (Wildman–Crippen MR) is 109 cm³/mol. The number of hydrogen-bond acceptors (Lipinski definition) is 3. The molecule has 28 heavy (non-hydrogen) atoms. The zero-order valence-electron chi connectivity index (χ0n) is 16.4. The molecule has 2 aromatic carbocycles. The molecule has 0 saturated carbocycles. The molecule has 0 atom stereocenters. The van der Waals surface area contributed by atoms with Crippen LogP contribution in [0.25, 0.3) is 22.4 Å². The molecule has 0 N–H and O–H groups in total. The first-order chi connectivity index (χ1) is 13.5. The maximum Gasteiger partial charge on any atom is 0.319 e. The number of carbonyl (C=O) groups is 1. The standard InChI is InChI=1S/C21H24FN5O/c1-24(2)21(28)27-12-10-26(11-13-27)15-8-9-17(22)16(14-15)20-23-18-6-4-5-7-19(18)25(20)3/h4-9,14H,10-13H2,1-3H3. The zero-order valence-corrected chi connectivity index (χ0v) is 16.4. The molecule has 0 aliphatic carbocycles. The quantitative estimate of drug-likeness (QED) is 0.685. The molecule has 0 spiro atoms. The van der Waals surface area contributed by atoms with Gasteiger partial charge in [-0.1, -0.05) is 12.1 Å². The molecular weight excluding hydrogens is 357 g/mol. The highest BCUT2D eigenvalue weighted by molar-refractivity contribution is 5.81. The van der Waals surface area contributed by atoms with Crippen LogP contribution in [-0.4, -0.2) is 65.7 Å². The Balaban J connectivity index is 1.61. The van der Waals surface area contributed by atoms with E-state index >= 15 is 0 Å². The Morgan fingerprint density at radius 1 is 1.07 bits per heavy atom. The molecule has 146 valence electrons. The Kier molecular flexibility index (Phi) is 4.66. The van der Waals surface area contributed by atoms with Gasteiger partial charge in [0.2, 0.25) is 0 Å². The van der Waals surface area contributed by atoms with Crippen LogP contribution in [0.5, 0.6) is 0 Å². The van der Waals surface area contributed by atoms with Gasteiger partial charge in [-0.3, -0.25) is 0 Å². The van der Waals surface area contributed by atoms with Crippen LogP contribution in [0.1, 0.15) is 0 Å². The second kappa shape index (κ2) is 7.14. The summed E-state index contributed by atoms with van der Waals surface area (Å²) < 4.78 is 16.6. The average molecular weight is 381 g/mol. The van der Waals surface area contributed by atoms with Crippen molar-refractivity contribution in [2.75, 3.05) is 45.2 Å². The van der Waals surface area contributed by atoms with Gasteiger partial charge in [0.25, 0.3) is 0 Å². The molecule has 1 aliphatic rings. The molecule has 1 aromatic heterocycles. The number of carbonyl (C=O) groups excluding carboxylic acids is 1. The van der Waals surface area contributed by atoms with Crippen molar-refractivity contribution in [2.45, 2.75) is 0 Å². The number of hydrogen-bond donors (Lipinski definition) is 0. The van der Waals surface area contributed by atoms with Gasteiger partial charge in [-0.15, -0.1) is 0 Å². The molecule has 3 aromatic rings. The van der Waals surface area contributed by atoms with Crippen LogP contribution < -0.4 is 4.90 Å². The number of piperazine rings is 1. The lowest BCUT2D eigenvalue weighted by Gasteiger charge is -2.37. The number of fused-ring (bicyclic) bond motifs is 1. The molecule has 2 heterocycles. The molecule has 7 heteroatoms. The van der Waals surface area contributed by atoms with Crippen LogP contribution in [0, 0.1) is 5.82 Å². The van der Waals surface area contributed by atoms with Gasteiger partial charge in [0.15, 0.2) is 0 Å². The van der Waals surface area contributed by atoms with E-state index in [4.69, 9.17) is 0 Å². The Labute approximate surface area is 163 Å². The number of halogens is 1. The van der Waals surface area contributed by atoms with Crippen molar-refractivity contribution in [1.29, 1.82) is 0 Å². The second-order valence-electron chi connectivity index (χ2n) is 7.30. The van der Waals surface area contributed by atoms with Crippen molar-refractivity contribution in [3.05, 3.63) is 48.3 Å². The molecule has 4 rings (SSSR count). The minimum atomic E-state index is -0.288. The Morgan fingerprint density at radius 3 is 2.46 bits per heavy atom. The Morgan fingerprint density at radius 2 is 1.79 bits per heavy atom. The number of aromatic nitrogens is 2. The molecule has 0 bridgehead atoms. The number of rotatable bonds is 2. The van der Waals surface area contributed by atoms with Crippen LogP contribution in [0.3, 0.4) is 0 Å². The average Bonchev–Trinajstić information content (AvgIpc) is 3.04.